The van der Waals surface area contributed by atoms with Crippen LogP contribution in [0.4, 0.5) is 34.1 Å². The summed E-state index contributed by atoms with van der Waals surface area (Å²) in [4.78, 5) is 14.2. The maximum absolute atomic E-state index is 6.09. The van der Waals surface area contributed by atoms with Crippen LogP contribution in [-0.4, -0.2) is 9.97 Å². The van der Waals surface area contributed by atoms with Crippen LogP contribution in [-0.2, 0) is 5.41 Å². The maximum atomic E-state index is 6.09. The van der Waals surface area contributed by atoms with Crippen molar-refractivity contribution >= 4 is 56.3 Å². The lowest BCUT2D eigenvalue weighted by molar-refractivity contribution is 0.619. The van der Waals surface area contributed by atoms with Crippen LogP contribution in [0.5, 0.6) is 0 Å². The predicted molar refractivity (Wildman–Crippen MR) is 330 cm³/mol. The second-order valence-corrected chi connectivity index (χ2v) is 20.5. The maximum Gasteiger partial charge on any atom is 0.227 e. The van der Waals surface area contributed by atoms with Crippen molar-refractivity contribution < 1.29 is 8.83 Å². The molecule has 12 aromatic carbocycles. The average molecular weight is 1040 g/mol. The zero-order chi connectivity index (χ0) is 53.7. The number of nitrogens with zero attached hydrogens (tertiary/aromatic N) is 4. The molecule has 382 valence electrons. The third-order valence-electron chi connectivity index (χ3n) is 15.8. The number of fused-ring (bicyclic) bond motifs is 5. The lowest BCUT2D eigenvalue weighted by Crippen LogP contribution is -2.29. The molecule has 0 saturated carbocycles. The quantitative estimate of drug-likeness (QED) is 0.122. The van der Waals surface area contributed by atoms with Crippen LogP contribution in [0, 0.1) is 0 Å². The predicted octanol–water partition coefficient (Wildman–Crippen LogP) is 19.9. The van der Waals surface area contributed by atoms with Crippen molar-refractivity contribution in [3.8, 4) is 56.3 Å². The molecule has 15 rings (SSSR count). The molecule has 0 atom stereocenters. The van der Waals surface area contributed by atoms with Crippen LogP contribution in [0.2, 0.25) is 0 Å². The second-order valence-electron chi connectivity index (χ2n) is 20.5. The van der Waals surface area contributed by atoms with E-state index in [-0.39, 0.29) is 0 Å². The number of benzene rings is 12. The highest BCUT2D eigenvalue weighted by Gasteiger charge is 2.47. The van der Waals surface area contributed by atoms with Gasteiger partial charge in [0.2, 0.25) is 11.8 Å². The molecule has 6 nitrogen and oxygen atoms in total. The van der Waals surface area contributed by atoms with Gasteiger partial charge >= 0.3 is 0 Å². The molecule has 0 amide bonds. The standard InChI is InChI=1S/C75H50N4O2/c1-5-17-57(18-6-1)75(58-19-7-2-8-20-58)67-49-63(78(59-21-9-3-10-22-59)61-41-37-53(38-42-61)51-29-33-55(34-30-51)73-76-69-25-13-15-27-71(69)80-73)45-47-65(67)66-48-46-64(50-68(66)75)79(60-23-11-4-12-24-60)62-43-39-54(40-44-62)52-31-35-56(36-32-52)74-77-70-26-14-16-28-72(70)81-74/h1-50H. The minimum absolute atomic E-state index is 0.617. The molecular weight excluding hydrogens is 989 g/mol. The molecule has 0 saturated heterocycles. The first-order valence-corrected chi connectivity index (χ1v) is 27.4. The molecular formula is C75H50N4O2. The molecule has 0 bridgehead atoms. The van der Waals surface area contributed by atoms with Gasteiger partial charge in [0, 0.05) is 45.3 Å². The summed E-state index contributed by atoms with van der Waals surface area (Å²) >= 11 is 0. The van der Waals surface area contributed by atoms with Crippen molar-refractivity contribution in [2.45, 2.75) is 5.41 Å². The normalized spacial score (nSPS) is 12.3. The SMILES string of the molecule is c1ccc(N(c2ccc(-c3ccc(-c4nc5ccccc5o4)cc3)cc2)c2ccc3c(c2)C(c2ccccc2)(c2ccccc2)c2cc(N(c4ccccc4)c4ccc(-c5ccc(-c6nc7ccccc7o6)cc5)cc4)ccc2-3)cc1. The summed E-state index contributed by atoms with van der Waals surface area (Å²) in [5.41, 5.74) is 22.5. The zero-order valence-corrected chi connectivity index (χ0v) is 44.0. The summed E-state index contributed by atoms with van der Waals surface area (Å²) < 4.78 is 12.2. The van der Waals surface area contributed by atoms with Crippen molar-refractivity contribution in [1.29, 1.82) is 0 Å². The Bertz CT molecular complexity index is 4180. The van der Waals surface area contributed by atoms with E-state index in [1.165, 1.54) is 33.4 Å². The first kappa shape index (κ1) is 47.4. The topological polar surface area (TPSA) is 58.5 Å². The van der Waals surface area contributed by atoms with Gasteiger partial charge in [0.1, 0.15) is 11.0 Å². The zero-order valence-electron chi connectivity index (χ0n) is 44.0. The summed E-state index contributed by atoms with van der Waals surface area (Å²) in [7, 11) is 0. The fourth-order valence-corrected chi connectivity index (χ4v) is 12.0. The van der Waals surface area contributed by atoms with Crippen molar-refractivity contribution in [3.63, 3.8) is 0 Å². The largest absolute Gasteiger partial charge is 0.436 e. The first-order valence-electron chi connectivity index (χ1n) is 27.4. The highest BCUT2D eigenvalue weighted by atomic mass is 16.4. The Morgan fingerprint density at radius 2 is 0.556 bits per heavy atom. The molecule has 14 aromatic rings. The molecule has 1 aliphatic rings. The van der Waals surface area contributed by atoms with Gasteiger partial charge in [-0.3, -0.25) is 0 Å². The van der Waals surface area contributed by atoms with Crippen LogP contribution in [0.25, 0.3) is 78.5 Å². The van der Waals surface area contributed by atoms with E-state index >= 15 is 0 Å². The van der Waals surface area contributed by atoms with Gasteiger partial charge in [-0.05, 0) is 177 Å². The fraction of sp³-hybridized carbons (Fsp3) is 0.0133. The number of oxazole rings is 2. The number of hydrogen-bond acceptors (Lipinski definition) is 6. The van der Waals surface area contributed by atoms with Crippen molar-refractivity contribution in [2.24, 2.45) is 0 Å². The number of aromatic nitrogens is 2. The third kappa shape index (κ3) is 8.37. The molecule has 0 spiro atoms. The summed E-state index contributed by atoms with van der Waals surface area (Å²) in [6.07, 6.45) is 0. The molecule has 2 aromatic heterocycles. The number of hydrogen-bond donors (Lipinski definition) is 0. The minimum atomic E-state index is -0.689. The van der Waals surface area contributed by atoms with Crippen LogP contribution in [0.15, 0.2) is 312 Å². The molecule has 0 N–H and O–H groups in total. The Balaban J connectivity index is 0.819. The van der Waals surface area contributed by atoms with E-state index in [2.05, 4.69) is 265 Å². The van der Waals surface area contributed by atoms with Gasteiger partial charge in [-0.2, -0.15) is 0 Å². The van der Waals surface area contributed by atoms with Crippen LogP contribution < -0.4 is 9.80 Å². The molecule has 6 heteroatoms. The molecule has 1 aliphatic carbocycles. The number of rotatable bonds is 12. The molecule has 81 heavy (non-hydrogen) atoms. The number of para-hydroxylation sites is 6. The van der Waals surface area contributed by atoms with Gasteiger partial charge in [0.05, 0.1) is 5.41 Å². The Morgan fingerprint density at radius 1 is 0.259 bits per heavy atom. The van der Waals surface area contributed by atoms with E-state index in [1.54, 1.807) is 0 Å². The van der Waals surface area contributed by atoms with Gasteiger partial charge in [-0.25, -0.2) is 9.97 Å². The Kier molecular flexibility index (Phi) is 11.6. The molecule has 0 fully saturated rings. The van der Waals surface area contributed by atoms with E-state index in [0.29, 0.717) is 11.8 Å². The highest BCUT2D eigenvalue weighted by Crippen LogP contribution is 2.58. The summed E-state index contributed by atoms with van der Waals surface area (Å²) in [5, 5.41) is 0. The van der Waals surface area contributed by atoms with E-state index in [4.69, 9.17) is 18.8 Å². The van der Waals surface area contributed by atoms with E-state index in [1.807, 2.05) is 48.5 Å². The van der Waals surface area contributed by atoms with Crippen LogP contribution in [0.3, 0.4) is 0 Å². The monoisotopic (exact) mass is 1040 g/mol. The Hall–Kier alpha value is -10.8. The lowest BCUT2D eigenvalue weighted by Gasteiger charge is -2.35. The smallest absolute Gasteiger partial charge is 0.227 e. The summed E-state index contributed by atoms with van der Waals surface area (Å²) in [6.45, 7) is 0. The third-order valence-corrected chi connectivity index (χ3v) is 15.8. The van der Waals surface area contributed by atoms with Crippen molar-refractivity contribution in [3.05, 3.63) is 326 Å². The van der Waals surface area contributed by atoms with Gasteiger partial charge in [-0.15, -0.1) is 0 Å². The highest BCUT2D eigenvalue weighted by molar-refractivity contribution is 5.92. The van der Waals surface area contributed by atoms with Gasteiger partial charge in [0.15, 0.2) is 11.2 Å². The first-order chi connectivity index (χ1) is 40.1. The van der Waals surface area contributed by atoms with Crippen LogP contribution in [0.1, 0.15) is 22.3 Å². The van der Waals surface area contributed by atoms with Gasteiger partial charge in [-0.1, -0.05) is 182 Å². The molecule has 0 aliphatic heterocycles. The minimum Gasteiger partial charge on any atom is -0.436 e. The Morgan fingerprint density at radius 3 is 0.926 bits per heavy atom. The fourth-order valence-electron chi connectivity index (χ4n) is 12.0. The van der Waals surface area contributed by atoms with Crippen LogP contribution >= 0.6 is 0 Å². The second kappa shape index (κ2) is 19.9. The Labute approximate surface area is 469 Å². The van der Waals surface area contributed by atoms with E-state index < -0.39 is 5.41 Å². The lowest BCUT2D eigenvalue weighted by atomic mass is 9.67. The summed E-state index contributed by atoms with van der Waals surface area (Å²) in [5.74, 6) is 1.23. The average Bonchev–Trinajstić information content (AvgIpc) is 3.06. The van der Waals surface area contributed by atoms with Gasteiger partial charge in [0.25, 0.3) is 0 Å². The molecule has 0 unspecified atom stereocenters. The van der Waals surface area contributed by atoms with Crippen molar-refractivity contribution in [1.82, 2.24) is 9.97 Å². The molecule has 2 heterocycles. The van der Waals surface area contributed by atoms with E-state index in [9.17, 15) is 0 Å². The molecule has 0 radical (unpaired) electrons. The number of anilines is 6. The van der Waals surface area contributed by atoms with E-state index in [0.717, 1.165) is 89.7 Å². The van der Waals surface area contributed by atoms with Crippen molar-refractivity contribution in [2.75, 3.05) is 9.80 Å². The summed E-state index contributed by atoms with van der Waals surface area (Å²) in [6, 6.07) is 108. The van der Waals surface area contributed by atoms with Gasteiger partial charge < -0.3 is 18.6 Å².